The first kappa shape index (κ1) is 29.8. The number of ketones is 1. The van der Waals surface area contributed by atoms with Gasteiger partial charge in [0.1, 0.15) is 24.1 Å². The number of rotatable bonds is 6. The van der Waals surface area contributed by atoms with Crippen molar-refractivity contribution in [1.29, 1.82) is 0 Å². The van der Waals surface area contributed by atoms with E-state index in [1.807, 2.05) is 0 Å². The predicted molar refractivity (Wildman–Crippen MR) is 154 cm³/mol. The van der Waals surface area contributed by atoms with E-state index in [1.54, 1.807) is 40.0 Å². The number of nitrogens with zero attached hydrogens (tertiary/aromatic N) is 2. The molecule has 12 nitrogen and oxygen atoms in total. The molecule has 3 N–H and O–H groups in total. The molecule has 3 heterocycles. The summed E-state index contributed by atoms with van der Waals surface area (Å²) in [5.41, 5.74) is 1.61. The summed E-state index contributed by atoms with van der Waals surface area (Å²) in [5.74, 6) is -2.47. The fourth-order valence-electron chi connectivity index (χ4n) is 6.39. The number of phenolic OH excluding ortho intramolecular Hbond substituents is 3. The maximum Gasteiger partial charge on any atom is 0.333 e. The molecule has 0 aliphatic carbocycles. The zero-order valence-electron chi connectivity index (χ0n) is 25.2. The van der Waals surface area contributed by atoms with E-state index in [0.717, 1.165) is 0 Å². The molecule has 1 saturated heterocycles. The number of piperazine rings is 1. The molecule has 5 rings (SSSR count). The lowest BCUT2D eigenvalue weighted by Gasteiger charge is -2.52. The van der Waals surface area contributed by atoms with Gasteiger partial charge in [0.05, 0.1) is 32.9 Å². The molecule has 43 heavy (non-hydrogen) atoms. The minimum atomic E-state index is -1.38. The largest absolute Gasteiger partial charge is 0.507 e. The van der Waals surface area contributed by atoms with Crippen LogP contribution in [0.2, 0.25) is 0 Å². The number of allylic oxidation sites excluding steroid dienone is 1. The highest BCUT2D eigenvalue weighted by atomic mass is 16.5. The number of phenols is 3. The molecule has 3 aliphatic rings. The molecule has 2 aromatic carbocycles. The molecule has 2 aromatic rings. The van der Waals surface area contributed by atoms with E-state index < -0.39 is 41.5 Å². The SMILES string of the molecule is C/C=C(/C)C(=O)OC[C@H]1c2c(c(O)c(C)c(OC)c2OC)C=C2[C@@H]3c4c(O)c(OC)c(C)c(O)c4C(=O)[C@H](C(=O)N21)N3C. The van der Waals surface area contributed by atoms with Gasteiger partial charge in [-0.05, 0) is 40.8 Å². The predicted octanol–water partition coefficient (Wildman–Crippen LogP) is 3.43. The van der Waals surface area contributed by atoms with E-state index >= 15 is 0 Å². The Morgan fingerprint density at radius 2 is 1.51 bits per heavy atom. The van der Waals surface area contributed by atoms with Crippen molar-refractivity contribution in [3.63, 3.8) is 0 Å². The number of hydrogen-bond donors (Lipinski definition) is 3. The molecule has 0 unspecified atom stereocenters. The van der Waals surface area contributed by atoms with Crippen molar-refractivity contribution in [2.24, 2.45) is 0 Å². The molecule has 2 bridgehead atoms. The second-order valence-corrected chi connectivity index (χ2v) is 10.7. The van der Waals surface area contributed by atoms with Crippen LogP contribution in [-0.2, 0) is 14.3 Å². The normalized spacial score (nSPS) is 21.0. The number of benzene rings is 2. The summed E-state index contributed by atoms with van der Waals surface area (Å²) in [5, 5.41) is 33.9. The first-order valence-electron chi connectivity index (χ1n) is 13.6. The Balaban J connectivity index is 1.85. The molecular formula is C31H34N2O10. The Morgan fingerprint density at radius 3 is 2.09 bits per heavy atom. The smallest absolute Gasteiger partial charge is 0.333 e. The van der Waals surface area contributed by atoms with Gasteiger partial charge in [0.15, 0.2) is 34.8 Å². The third-order valence-electron chi connectivity index (χ3n) is 8.65. The second-order valence-electron chi connectivity index (χ2n) is 10.7. The Morgan fingerprint density at radius 1 is 0.907 bits per heavy atom. The molecule has 228 valence electrons. The Hall–Kier alpha value is -4.71. The number of carbonyl (C=O) groups is 3. The molecule has 1 fully saturated rings. The van der Waals surface area contributed by atoms with Crippen LogP contribution in [0, 0.1) is 13.8 Å². The monoisotopic (exact) mass is 594 g/mol. The molecule has 12 heteroatoms. The average Bonchev–Trinajstić information content (AvgIpc) is 2.98. The van der Waals surface area contributed by atoms with Crippen molar-refractivity contribution in [1.82, 2.24) is 9.80 Å². The molecule has 0 saturated carbocycles. The van der Waals surface area contributed by atoms with Crippen LogP contribution in [-0.4, -0.2) is 83.8 Å². The highest BCUT2D eigenvalue weighted by Crippen LogP contribution is 2.58. The molecule has 0 spiro atoms. The van der Waals surface area contributed by atoms with Gasteiger partial charge in [0.25, 0.3) is 5.91 Å². The first-order valence-corrected chi connectivity index (χ1v) is 13.6. The Labute approximate surface area is 248 Å². The molecular weight excluding hydrogens is 560 g/mol. The number of ether oxygens (including phenoxy) is 4. The molecule has 0 aromatic heterocycles. The van der Waals surface area contributed by atoms with E-state index in [1.165, 1.54) is 38.1 Å². The van der Waals surface area contributed by atoms with Gasteiger partial charge in [-0.25, -0.2) is 4.79 Å². The van der Waals surface area contributed by atoms with Crippen LogP contribution in [0.5, 0.6) is 34.5 Å². The van der Waals surface area contributed by atoms with Gasteiger partial charge in [-0.1, -0.05) is 6.08 Å². The number of aromatic hydroxyl groups is 3. The summed E-state index contributed by atoms with van der Waals surface area (Å²) in [4.78, 5) is 43.9. The van der Waals surface area contributed by atoms with Gasteiger partial charge in [0, 0.05) is 39.1 Å². The fraction of sp³-hybridized carbons (Fsp3) is 0.387. The maximum absolute atomic E-state index is 14.3. The highest BCUT2D eigenvalue weighted by molar-refractivity contribution is 6.18. The molecule has 3 aliphatic heterocycles. The molecule has 3 atom stereocenters. The number of hydrogen-bond acceptors (Lipinski definition) is 11. The summed E-state index contributed by atoms with van der Waals surface area (Å²) in [6.07, 6.45) is 3.17. The minimum Gasteiger partial charge on any atom is -0.507 e. The lowest BCUT2D eigenvalue weighted by Crippen LogP contribution is -2.62. The van der Waals surface area contributed by atoms with Crippen molar-refractivity contribution in [3.8, 4) is 34.5 Å². The van der Waals surface area contributed by atoms with Crippen LogP contribution < -0.4 is 14.2 Å². The van der Waals surface area contributed by atoms with E-state index in [4.69, 9.17) is 18.9 Å². The van der Waals surface area contributed by atoms with Gasteiger partial charge < -0.3 is 39.2 Å². The minimum absolute atomic E-state index is 0.0198. The lowest BCUT2D eigenvalue weighted by molar-refractivity contribution is -0.148. The van der Waals surface area contributed by atoms with Crippen LogP contribution in [0.25, 0.3) is 6.08 Å². The van der Waals surface area contributed by atoms with Crippen LogP contribution >= 0.6 is 0 Å². The summed E-state index contributed by atoms with van der Waals surface area (Å²) in [6.45, 7) is 6.06. The van der Waals surface area contributed by atoms with E-state index in [-0.39, 0.29) is 63.3 Å². The lowest BCUT2D eigenvalue weighted by atomic mass is 9.77. The van der Waals surface area contributed by atoms with Gasteiger partial charge in [0.2, 0.25) is 0 Å². The number of methoxy groups -OCH3 is 3. The molecule has 0 radical (unpaired) electrons. The maximum atomic E-state index is 14.3. The van der Waals surface area contributed by atoms with Crippen molar-refractivity contribution in [3.05, 3.63) is 50.7 Å². The Bertz CT molecular complexity index is 1660. The van der Waals surface area contributed by atoms with Crippen molar-refractivity contribution in [2.75, 3.05) is 35.0 Å². The molecule has 1 amide bonds. The summed E-state index contributed by atoms with van der Waals surface area (Å²) < 4.78 is 22.3. The number of likely N-dealkylation sites (N-methyl/N-ethyl adjacent to an activating group) is 1. The van der Waals surface area contributed by atoms with Crippen molar-refractivity contribution < 1.29 is 48.7 Å². The Kier molecular flexibility index (Phi) is 7.29. The van der Waals surface area contributed by atoms with Gasteiger partial charge in [-0.2, -0.15) is 0 Å². The second kappa shape index (κ2) is 10.5. The van der Waals surface area contributed by atoms with Crippen molar-refractivity contribution in [2.45, 2.75) is 45.8 Å². The quantitative estimate of drug-likeness (QED) is 0.195. The topological polar surface area (TPSA) is 155 Å². The van der Waals surface area contributed by atoms with Gasteiger partial charge >= 0.3 is 5.97 Å². The number of fused-ring (bicyclic) bond motifs is 7. The van der Waals surface area contributed by atoms with Crippen LogP contribution in [0.15, 0.2) is 17.3 Å². The van der Waals surface area contributed by atoms with Crippen molar-refractivity contribution >= 4 is 23.7 Å². The average molecular weight is 595 g/mol. The number of Topliss-reactive ketones (excluding diaryl/α,β-unsaturated/α-hetero) is 1. The number of carbonyl (C=O) groups excluding carboxylic acids is 3. The fourth-order valence-corrected chi connectivity index (χ4v) is 6.39. The van der Waals surface area contributed by atoms with Crippen LogP contribution in [0.3, 0.4) is 0 Å². The third kappa shape index (κ3) is 3.96. The first-order chi connectivity index (χ1) is 20.4. The van der Waals surface area contributed by atoms with Crippen LogP contribution in [0.4, 0.5) is 0 Å². The van der Waals surface area contributed by atoms with Gasteiger partial charge in [-0.15, -0.1) is 0 Å². The zero-order chi connectivity index (χ0) is 31.7. The van der Waals surface area contributed by atoms with Gasteiger partial charge in [-0.3, -0.25) is 14.5 Å². The summed E-state index contributed by atoms with van der Waals surface area (Å²) >= 11 is 0. The number of esters is 1. The summed E-state index contributed by atoms with van der Waals surface area (Å²) in [7, 11) is 5.72. The zero-order valence-corrected chi connectivity index (χ0v) is 25.2. The van der Waals surface area contributed by atoms with E-state index in [0.29, 0.717) is 16.7 Å². The summed E-state index contributed by atoms with van der Waals surface area (Å²) in [6, 6.07) is -3.40. The standard InChI is InChI=1S/C31H34N2O10/c1-9-12(2)31(39)43-11-17-18-15(23(34)13(3)28(41-7)29(18)42-8)10-16-21-19-20(24(35)14(4)27(40-6)26(19)37)25(36)22(32(21)5)30(38)33(16)17/h9-10,17,21-22,34-35,37H,11H2,1-8H3/b12-9-/t17-,21+,22+/m0/s1. The van der Waals surface area contributed by atoms with E-state index in [9.17, 15) is 29.7 Å². The van der Waals surface area contributed by atoms with E-state index in [2.05, 4.69) is 0 Å². The van der Waals surface area contributed by atoms with Crippen LogP contribution in [0.1, 0.15) is 64.1 Å². The third-order valence-corrected chi connectivity index (χ3v) is 8.65. The highest BCUT2D eigenvalue weighted by Gasteiger charge is 2.57. The number of amides is 1.